The molecule has 0 spiro atoms. The lowest BCUT2D eigenvalue weighted by Gasteiger charge is -2.25. The van der Waals surface area contributed by atoms with E-state index in [9.17, 15) is 15.0 Å². The molecule has 1 aliphatic heterocycles. The molecule has 5 atom stereocenters. The van der Waals surface area contributed by atoms with Crippen LogP contribution in [0.4, 0.5) is 0 Å². The zero-order valence-electron chi connectivity index (χ0n) is 17.9. The Hall–Kier alpha value is -0.530. The average Bonchev–Trinajstić information content (AvgIpc) is 3.03. The van der Waals surface area contributed by atoms with Crippen molar-refractivity contribution in [1.82, 2.24) is 0 Å². The summed E-state index contributed by atoms with van der Waals surface area (Å²) in [5.74, 6) is 0.251. The summed E-state index contributed by atoms with van der Waals surface area (Å²) < 4.78 is 12.0. The maximum absolute atomic E-state index is 11.0. The van der Waals surface area contributed by atoms with E-state index < -0.39 is 12.2 Å². The van der Waals surface area contributed by atoms with Crippen LogP contribution in [0.3, 0.4) is 0 Å². The molecule has 1 aliphatic rings. The van der Waals surface area contributed by atoms with Crippen molar-refractivity contribution in [3.63, 3.8) is 0 Å². The standard InChI is InChI=1S/C22H42O6/c1-3-4-8-12-20-19(26)14-22(28-20)21(27-16-18(25)15-23)13-10-7-5-6-9-11-17(2)24/h18-23,25-26H,3-16H2,1-2H3. The molecule has 6 nitrogen and oxygen atoms in total. The second-order valence-corrected chi connectivity index (χ2v) is 8.23. The average molecular weight is 403 g/mol. The zero-order valence-corrected chi connectivity index (χ0v) is 17.9. The van der Waals surface area contributed by atoms with Gasteiger partial charge in [-0.3, -0.25) is 0 Å². The van der Waals surface area contributed by atoms with Crippen molar-refractivity contribution in [3.8, 4) is 0 Å². The Morgan fingerprint density at radius 1 is 1.14 bits per heavy atom. The van der Waals surface area contributed by atoms with Gasteiger partial charge in [0.1, 0.15) is 11.9 Å². The van der Waals surface area contributed by atoms with Gasteiger partial charge in [-0.2, -0.15) is 0 Å². The molecule has 0 aromatic heterocycles. The van der Waals surface area contributed by atoms with Gasteiger partial charge in [0, 0.05) is 12.8 Å². The molecule has 166 valence electrons. The molecular formula is C22H42O6. The van der Waals surface area contributed by atoms with Gasteiger partial charge in [0.25, 0.3) is 0 Å². The highest BCUT2D eigenvalue weighted by Crippen LogP contribution is 2.30. The molecule has 1 rings (SSSR count). The summed E-state index contributed by atoms with van der Waals surface area (Å²) in [6.45, 7) is 3.55. The summed E-state index contributed by atoms with van der Waals surface area (Å²) in [7, 11) is 0. The Kier molecular flexibility index (Phi) is 14.0. The number of aliphatic hydroxyl groups is 3. The number of ether oxygens (including phenoxy) is 2. The highest BCUT2D eigenvalue weighted by molar-refractivity contribution is 5.75. The summed E-state index contributed by atoms with van der Waals surface area (Å²) in [4.78, 5) is 11.0. The first kappa shape index (κ1) is 25.5. The van der Waals surface area contributed by atoms with Gasteiger partial charge < -0.3 is 29.6 Å². The molecule has 6 heteroatoms. The van der Waals surface area contributed by atoms with Crippen LogP contribution in [0.15, 0.2) is 0 Å². The van der Waals surface area contributed by atoms with Gasteiger partial charge in [0.05, 0.1) is 37.6 Å². The van der Waals surface area contributed by atoms with Crippen LogP contribution in [0.1, 0.15) is 90.9 Å². The first-order chi connectivity index (χ1) is 13.5. The predicted molar refractivity (Wildman–Crippen MR) is 109 cm³/mol. The van der Waals surface area contributed by atoms with Gasteiger partial charge in [0.2, 0.25) is 0 Å². The molecule has 0 saturated carbocycles. The second kappa shape index (κ2) is 15.3. The van der Waals surface area contributed by atoms with Crippen LogP contribution in [-0.4, -0.2) is 64.8 Å². The lowest BCUT2D eigenvalue weighted by molar-refractivity contribution is -0.117. The number of carbonyl (C=O) groups is 1. The van der Waals surface area contributed by atoms with Gasteiger partial charge in [-0.25, -0.2) is 0 Å². The zero-order chi connectivity index (χ0) is 20.8. The lowest BCUT2D eigenvalue weighted by Crippen LogP contribution is -2.33. The number of carbonyl (C=O) groups excluding carboxylic acids is 1. The number of ketones is 1. The van der Waals surface area contributed by atoms with Crippen LogP contribution in [0.5, 0.6) is 0 Å². The molecule has 0 radical (unpaired) electrons. The summed E-state index contributed by atoms with van der Waals surface area (Å²) in [5, 5.41) is 29.0. The molecule has 3 N–H and O–H groups in total. The molecule has 5 unspecified atom stereocenters. The number of Topliss-reactive ketones (excluding diaryl/α,β-unsaturated/α-hetero) is 1. The van der Waals surface area contributed by atoms with E-state index in [0.717, 1.165) is 64.2 Å². The van der Waals surface area contributed by atoms with Crippen molar-refractivity contribution in [3.05, 3.63) is 0 Å². The van der Waals surface area contributed by atoms with E-state index in [1.165, 1.54) is 0 Å². The highest BCUT2D eigenvalue weighted by Gasteiger charge is 2.38. The summed E-state index contributed by atoms with van der Waals surface area (Å²) in [6, 6.07) is 0. The van der Waals surface area contributed by atoms with Crippen molar-refractivity contribution >= 4 is 5.78 Å². The molecule has 28 heavy (non-hydrogen) atoms. The maximum Gasteiger partial charge on any atom is 0.129 e. The molecule has 1 heterocycles. The molecule has 0 bridgehead atoms. The fraction of sp³-hybridized carbons (Fsp3) is 0.955. The smallest absolute Gasteiger partial charge is 0.129 e. The van der Waals surface area contributed by atoms with Gasteiger partial charge in [-0.1, -0.05) is 51.9 Å². The van der Waals surface area contributed by atoms with E-state index in [-0.39, 0.29) is 37.3 Å². The third kappa shape index (κ3) is 10.9. The van der Waals surface area contributed by atoms with Gasteiger partial charge in [-0.15, -0.1) is 0 Å². The molecular weight excluding hydrogens is 360 g/mol. The Morgan fingerprint density at radius 3 is 2.54 bits per heavy atom. The largest absolute Gasteiger partial charge is 0.394 e. The van der Waals surface area contributed by atoms with Crippen molar-refractivity contribution in [1.29, 1.82) is 0 Å². The summed E-state index contributed by atoms with van der Waals surface area (Å²) in [6.07, 6.45) is 9.59. The first-order valence-electron chi connectivity index (χ1n) is 11.2. The molecule has 0 aromatic rings. The van der Waals surface area contributed by atoms with Crippen LogP contribution in [0.2, 0.25) is 0 Å². The highest BCUT2D eigenvalue weighted by atomic mass is 16.6. The van der Waals surface area contributed by atoms with Crippen molar-refractivity contribution in [2.24, 2.45) is 0 Å². The van der Waals surface area contributed by atoms with Crippen molar-refractivity contribution < 1.29 is 29.6 Å². The van der Waals surface area contributed by atoms with E-state index >= 15 is 0 Å². The molecule has 1 fully saturated rings. The fourth-order valence-electron chi connectivity index (χ4n) is 3.77. The van der Waals surface area contributed by atoms with Gasteiger partial charge in [-0.05, 0) is 26.2 Å². The molecule has 1 saturated heterocycles. The first-order valence-corrected chi connectivity index (χ1v) is 11.2. The topological polar surface area (TPSA) is 96.2 Å². The van der Waals surface area contributed by atoms with E-state index in [1.807, 2.05) is 0 Å². The van der Waals surface area contributed by atoms with Crippen LogP contribution in [0.25, 0.3) is 0 Å². The minimum Gasteiger partial charge on any atom is -0.394 e. The number of hydrogen-bond donors (Lipinski definition) is 3. The second-order valence-electron chi connectivity index (χ2n) is 8.23. The van der Waals surface area contributed by atoms with Crippen molar-refractivity contribution in [2.75, 3.05) is 13.2 Å². The molecule has 0 aliphatic carbocycles. The number of hydrogen-bond acceptors (Lipinski definition) is 6. The van der Waals surface area contributed by atoms with E-state index in [0.29, 0.717) is 12.8 Å². The third-order valence-corrected chi connectivity index (χ3v) is 5.49. The van der Waals surface area contributed by atoms with E-state index in [4.69, 9.17) is 14.6 Å². The quantitative estimate of drug-likeness (QED) is 0.324. The lowest BCUT2D eigenvalue weighted by atomic mass is 10.00. The van der Waals surface area contributed by atoms with E-state index in [2.05, 4.69) is 6.92 Å². The molecule has 0 amide bonds. The Morgan fingerprint density at radius 2 is 1.86 bits per heavy atom. The Balaban J connectivity index is 2.40. The normalized spacial score (nSPS) is 24.4. The predicted octanol–water partition coefficient (Wildman–Crippen LogP) is 3.14. The summed E-state index contributed by atoms with van der Waals surface area (Å²) in [5.41, 5.74) is 0. The van der Waals surface area contributed by atoms with Crippen LogP contribution >= 0.6 is 0 Å². The number of rotatable bonds is 17. The number of aliphatic hydroxyl groups excluding tert-OH is 3. The Labute approximate surface area is 170 Å². The van der Waals surface area contributed by atoms with Gasteiger partial charge >= 0.3 is 0 Å². The SMILES string of the molecule is CCCCCC1OC(C(CCCCCCCC(C)=O)OCC(O)CO)CC1O. The van der Waals surface area contributed by atoms with Crippen molar-refractivity contribution in [2.45, 2.75) is 121 Å². The van der Waals surface area contributed by atoms with Crippen LogP contribution in [0, 0.1) is 0 Å². The minimum atomic E-state index is -0.888. The maximum atomic E-state index is 11.0. The molecule has 0 aromatic carbocycles. The monoisotopic (exact) mass is 402 g/mol. The number of unbranched alkanes of at least 4 members (excludes halogenated alkanes) is 6. The Bertz CT molecular complexity index is 402. The van der Waals surface area contributed by atoms with Gasteiger partial charge in [0.15, 0.2) is 0 Å². The summed E-state index contributed by atoms with van der Waals surface area (Å²) >= 11 is 0. The van der Waals surface area contributed by atoms with Crippen LogP contribution in [-0.2, 0) is 14.3 Å². The van der Waals surface area contributed by atoms with E-state index in [1.54, 1.807) is 6.92 Å². The fourth-order valence-corrected chi connectivity index (χ4v) is 3.77. The van der Waals surface area contributed by atoms with Crippen LogP contribution < -0.4 is 0 Å². The third-order valence-electron chi connectivity index (χ3n) is 5.49. The minimum absolute atomic E-state index is 0.0796.